The first-order valence-corrected chi connectivity index (χ1v) is 6.08. The van der Waals surface area contributed by atoms with Crippen LogP contribution in [0.3, 0.4) is 0 Å². The van der Waals surface area contributed by atoms with Crippen LogP contribution in [0.25, 0.3) is 0 Å². The van der Waals surface area contributed by atoms with E-state index in [1.54, 1.807) is 12.1 Å². The van der Waals surface area contributed by atoms with Crippen molar-refractivity contribution in [3.8, 4) is 0 Å². The van der Waals surface area contributed by atoms with Crippen molar-refractivity contribution in [2.24, 2.45) is 5.73 Å². The van der Waals surface area contributed by atoms with E-state index < -0.39 is 5.82 Å². The van der Waals surface area contributed by atoms with Gasteiger partial charge in [-0.25, -0.2) is 4.39 Å². The summed E-state index contributed by atoms with van der Waals surface area (Å²) in [6, 6.07) is 4.59. The minimum atomic E-state index is -0.495. The summed E-state index contributed by atoms with van der Waals surface area (Å²) in [6.45, 7) is 2.32. The fraction of sp³-hybridized carbons (Fsp3) is 0.364. The lowest BCUT2D eigenvalue weighted by atomic mass is 10.2. The molecule has 3 nitrogen and oxygen atoms in total. The van der Waals surface area contributed by atoms with Crippen molar-refractivity contribution in [3.63, 3.8) is 0 Å². The molecule has 0 saturated carbocycles. The zero-order valence-electron chi connectivity index (χ0n) is 9.37. The Labute approximate surface area is 120 Å². The number of hydrogen-bond donors (Lipinski definition) is 2. The van der Waals surface area contributed by atoms with Gasteiger partial charge in [0.1, 0.15) is 5.82 Å². The molecule has 17 heavy (non-hydrogen) atoms. The molecule has 1 aromatic carbocycles. The fourth-order valence-electron chi connectivity index (χ4n) is 1.22. The Bertz CT molecular complexity index is 367. The van der Waals surface area contributed by atoms with Gasteiger partial charge in [-0.1, -0.05) is 6.07 Å². The molecule has 0 saturated heterocycles. The molecule has 1 amide bonds. The third-order valence-electron chi connectivity index (χ3n) is 2.08. The highest BCUT2D eigenvalue weighted by Crippen LogP contribution is 2.15. The number of carbonyl (C=O) groups is 1. The van der Waals surface area contributed by atoms with Gasteiger partial charge in [0.15, 0.2) is 0 Å². The average Bonchev–Trinajstić information content (AvgIpc) is 2.16. The molecule has 1 unspecified atom stereocenters. The van der Waals surface area contributed by atoms with Crippen molar-refractivity contribution < 1.29 is 9.18 Å². The summed E-state index contributed by atoms with van der Waals surface area (Å²) in [4.78, 5) is 11.7. The van der Waals surface area contributed by atoms with E-state index in [9.17, 15) is 9.18 Å². The van der Waals surface area contributed by atoms with E-state index in [0.29, 0.717) is 16.5 Å². The predicted molar refractivity (Wildman–Crippen MR) is 77.0 cm³/mol. The lowest BCUT2D eigenvalue weighted by Crippen LogP contribution is -2.30. The summed E-state index contributed by atoms with van der Waals surface area (Å²) < 4.78 is 14.0. The summed E-state index contributed by atoms with van der Waals surface area (Å²) in [5.74, 6) is -0.881. The molecule has 3 N–H and O–H groups in total. The molecule has 1 rings (SSSR count). The molecule has 6 heteroatoms. The minimum absolute atomic E-state index is 0. The van der Waals surface area contributed by atoms with Gasteiger partial charge in [0.05, 0.1) is 5.56 Å². The zero-order chi connectivity index (χ0) is 12.1. The van der Waals surface area contributed by atoms with Crippen LogP contribution < -0.4 is 11.1 Å². The van der Waals surface area contributed by atoms with Gasteiger partial charge >= 0.3 is 0 Å². The van der Waals surface area contributed by atoms with Crippen LogP contribution in [0.5, 0.6) is 0 Å². The molecule has 0 aliphatic carbocycles. The highest BCUT2D eigenvalue weighted by molar-refractivity contribution is 14.1. The molecule has 0 aliphatic heterocycles. The van der Waals surface area contributed by atoms with Crippen molar-refractivity contribution in [2.45, 2.75) is 19.4 Å². The monoisotopic (exact) mass is 372 g/mol. The number of amides is 1. The van der Waals surface area contributed by atoms with Crippen molar-refractivity contribution in [1.82, 2.24) is 5.32 Å². The van der Waals surface area contributed by atoms with Gasteiger partial charge in [-0.3, -0.25) is 4.79 Å². The number of rotatable bonds is 4. The Hall–Kier alpha value is -0.400. The van der Waals surface area contributed by atoms with Crippen LogP contribution in [0, 0.1) is 9.39 Å². The van der Waals surface area contributed by atoms with Gasteiger partial charge in [-0.15, -0.1) is 12.4 Å². The molecule has 0 aromatic heterocycles. The van der Waals surface area contributed by atoms with Crippen LogP contribution in [0.4, 0.5) is 4.39 Å². The van der Waals surface area contributed by atoms with Crippen molar-refractivity contribution in [3.05, 3.63) is 33.1 Å². The van der Waals surface area contributed by atoms with E-state index in [4.69, 9.17) is 5.73 Å². The van der Waals surface area contributed by atoms with E-state index in [0.717, 1.165) is 0 Å². The molecule has 96 valence electrons. The van der Waals surface area contributed by atoms with Crippen LogP contribution in [0.1, 0.15) is 23.7 Å². The fourth-order valence-corrected chi connectivity index (χ4v) is 1.93. The van der Waals surface area contributed by atoms with Gasteiger partial charge < -0.3 is 11.1 Å². The van der Waals surface area contributed by atoms with E-state index in [-0.39, 0.29) is 29.9 Å². The van der Waals surface area contributed by atoms with Gasteiger partial charge in [0.2, 0.25) is 0 Å². The molecule has 0 radical (unpaired) electrons. The Kier molecular flexibility index (Phi) is 7.65. The number of halogens is 3. The second-order valence-corrected chi connectivity index (χ2v) is 4.78. The summed E-state index contributed by atoms with van der Waals surface area (Å²) in [6.07, 6.45) is 0.677. The number of nitrogens with one attached hydrogen (secondary N) is 1. The zero-order valence-corrected chi connectivity index (χ0v) is 12.3. The van der Waals surface area contributed by atoms with Crippen molar-refractivity contribution in [1.29, 1.82) is 0 Å². The standard InChI is InChI=1S/C11H14FIN2O.ClH/c1-7(14)5-6-15-11(16)10-8(12)3-2-4-9(10)13;/h2-4,7H,5-6,14H2,1H3,(H,15,16);1H. The second kappa shape index (κ2) is 7.84. The quantitative estimate of drug-likeness (QED) is 0.797. The number of nitrogens with two attached hydrogens (primary N) is 1. The lowest BCUT2D eigenvalue weighted by Gasteiger charge is -2.09. The first-order valence-electron chi connectivity index (χ1n) is 5.00. The number of carbonyl (C=O) groups excluding carboxylic acids is 1. The lowest BCUT2D eigenvalue weighted by molar-refractivity contribution is 0.0948. The molecule has 0 spiro atoms. The molecular formula is C11H15ClFIN2O. The van der Waals surface area contributed by atoms with Crippen LogP contribution in [0.15, 0.2) is 18.2 Å². The normalized spacial score (nSPS) is 11.5. The number of hydrogen-bond acceptors (Lipinski definition) is 2. The van der Waals surface area contributed by atoms with E-state index >= 15 is 0 Å². The largest absolute Gasteiger partial charge is 0.352 e. The van der Waals surface area contributed by atoms with Gasteiger partial charge in [-0.2, -0.15) is 0 Å². The molecule has 1 atom stereocenters. The van der Waals surface area contributed by atoms with Gasteiger partial charge in [-0.05, 0) is 48.1 Å². The minimum Gasteiger partial charge on any atom is -0.352 e. The summed E-state index contributed by atoms with van der Waals surface area (Å²) in [5.41, 5.74) is 5.65. The summed E-state index contributed by atoms with van der Waals surface area (Å²) >= 11 is 1.94. The average molecular weight is 373 g/mol. The molecule has 0 heterocycles. The molecule has 0 bridgehead atoms. The Balaban J connectivity index is 0.00000256. The molecule has 0 fully saturated rings. The Morgan fingerprint density at radius 1 is 1.59 bits per heavy atom. The second-order valence-electron chi connectivity index (χ2n) is 3.62. The van der Waals surface area contributed by atoms with Crippen LogP contribution in [0.2, 0.25) is 0 Å². The molecule has 0 aliphatic rings. The SMILES string of the molecule is CC(N)CCNC(=O)c1c(F)cccc1I.Cl. The molecule has 1 aromatic rings. The van der Waals surface area contributed by atoms with Crippen LogP contribution in [-0.2, 0) is 0 Å². The van der Waals surface area contributed by atoms with Crippen molar-refractivity contribution in [2.75, 3.05) is 6.54 Å². The topological polar surface area (TPSA) is 55.1 Å². The smallest absolute Gasteiger partial charge is 0.255 e. The third kappa shape index (κ3) is 5.18. The summed E-state index contributed by atoms with van der Waals surface area (Å²) in [7, 11) is 0. The van der Waals surface area contributed by atoms with Crippen molar-refractivity contribution >= 4 is 40.9 Å². The number of benzene rings is 1. The first kappa shape index (κ1) is 16.6. The maximum atomic E-state index is 13.4. The van der Waals surface area contributed by atoms with Gasteiger partial charge in [0.25, 0.3) is 5.91 Å². The van der Waals surface area contributed by atoms with Gasteiger partial charge in [0, 0.05) is 16.2 Å². The van der Waals surface area contributed by atoms with E-state index in [2.05, 4.69) is 5.32 Å². The van der Waals surface area contributed by atoms with E-state index in [1.165, 1.54) is 6.07 Å². The maximum absolute atomic E-state index is 13.4. The van der Waals surface area contributed by atoms with Crippen LogP contribution in [-0.4, -0.2) is 18.5 Å². The maximum Gasteiger partial charge on any atom is 0.255 e. The molecular weight excluding hydrogens is 357 g/mol. The predicted octanol–water partition coefficient (Wildman–Crippen LogP) is 2.32. The third-order valence-corrected chi connectivity index (χ3v) is 2.97. The Morgan fingerprint density at radius 2 is 2.24 bits per heavy atom. The first-order chi connectivity index (χ1) is 7.52. The highest BCUT2D eigenvalue weighted by atomic mass is 127. The Morgan fingerprint density at radius 3 is 2.76 bits per heavy atom. The van der Waals surface area contributed by atoms with E-state index in [1.807, 2.05) is 29.5 Å². The summed E-state index contributed by atoms with van der Waals surface area (Å²) in [5, 5.41) is 2.65. The van der Waals surface area contributed by atoms with Crippen LogP contribution >= 0.6 is 35.0 Å². The highest BCUT2D eigenvalue weighted by Gasteiger charge is 2.14.